The molecule has 0 saturated carbocycles. The zero-order valence-corrected chi connectivity index (χ0v) is 27.2. The van der Waals surface area contributed by atoms with Crippen LogP contribution in [0.25, 0.3) is 0 Å². The molecule has 0 aromatic heterocycles. The topological polar surface area (TPSA) is 20.2 Å². The molecule has 0 spiro atoms. The quantitative estimate of drug-likeness (QED) is 0.236. The summed E-state index contributed by atoms with van der Waals surface area (Å²) in [4.78, 5) is 0. The first-order chi connectivity index (χ1) is 19.2. The molecule has 1 N–H and O–H groups in total. The van der Waals surface area contributed by atoms with Gasteiger partial charge in [-0.1, -0.05) is 147 Å². The highest BCUT2D eigenvalue weighted by Crippen LogP contribution is 2.41. The SMILES string of the molecule is CC(C#CC1=C(C)C=CCC1(C)C)=CC=CC(C)=CC=CC=C(C)C=CC=C(C)C=CC1=C(C)CC(O)CC1(C)C. The molecule has 1 unspecified atom stereocenters. The minimum absolute atomic E-state index is 0.00833. The monoisotopic (exact) mass is 548 g/mol. The minimum Gasteiger partial charge on any atom is -0.393 e. The van der Waals surface area contributed by atoms with Crippen molar-refractivity contribution in [1.82, 2.24) is 0 Å². The molecule has 0 aromatic carbocycles. The molecule has 41 heavy (non-hydrogen) atoms. The Morgan fingerprint density at radius 2 is 1.37 bits per heavy atom. The smallest absolute Gasteiger partial charge is 0.0585 e. The van der Waals surface area contributed by atoms with Gasteiger partial charge in [0.1, 0.15) is 0 Å². The highest BCUT2D eigenvalue weighted by atomic mass is 16.3. The molecule has 0 radical (unpaired) electrons. The summed E-state index contributed by atoms with van der Waals surface area (Å²) in [6.45, 7) is 21.7. The van der Waals surface area contributed by atoms with Crippen LogP contribution >= 0.6 is 0 Å². The second-order valence-corrected chi connectivity index (χ2v) is 13.0. The zero-order valence-electron chi connectivity index (χ0n) is 27.2. The number of hydrogen-bond acceptors (Lipinski definition) is 1. The van der Waals surface area contributed by atoms with Crippen molar-refractivity contribution in [2.24, 2.45) is 10.8 Å². The zero-order chi connectivity index (χ0) is 30.6. The normalized spacial score (nSPS) is 22.6. The lowest BCUT2D eigenvalue weighted by atomic mass is 9.71. The second-order valence-electron chi connectivity index (χ2n) is 13.0. The van der Waals surface area contributed by atoms with Gasteiger partial charge in [-0.15, -0.1) is 0 Å². The fourth-order valence-corrected chi connectivity index (χ4v) is 5.39. The van der Waals surface area contributed by atoms with Crippen LogP contribution in [-0.2, 0) is 0 Å². The van der Waals surface area contributed by atoms with E-state index >= 15 is 0 Å². The Kier molecular flexibility index (Phi) is 12.9. The van der Waals surface area contributed by atoms with Gasteiger partial charge in [0.15, 0.2) is 0 Å². The summed E-state index contributed by atoms with van der Waals surface area (Å²) in [7, 11) is 0. The summed E-state index contributed by atoms with van der Waals surface area (Å²) in [5.74, 6) is 6.75. The van der Waals surface area contributed by atoms with Gasteiger partial charge < -0.3 is 5.11 Å². The lowest BCUT2D eigenvalue weighted by Crippen LogP contribution is -2.28. The van der Waals surface area contributed by atoms with Crippen LogP contribution in [0.5, 0.6) is 0 Å². The fraction of sp³-hybridized carbons (Fsp3) is 0.400. The average Bonchev–Trinajstić information content (AvgIpc) is 2.84. The van der Waals surface area contributed by atoms with E-state index in [0.29, 0.717) is 0 Å². The van der Waals surface area contributed by atoms with Crippen LogP contribution in [0.15, 0.2) is 130 Å². The maximum atomic E-state index is 10.1. The molecule has 0 fully saturated rings. The first kappa shape index (κ1) is 33.9. The predicted molar refractivity (Wildman–Crippen MR) is 181 cm³/mol. The summed E-state index contributed by atoms with van der Waals surface area (Å²) < 4.78 is 0. The van der Waals surface area contributed by atoms with Crippen LogP contribution in [0.3, 0.4) is 0 Å². The maximum Gasteiger partial charge on any atom is 0.0585 e. The van der Waals surface area contributed by atoms with Crippen molar-refractivity contribution in [3.8, 4) is 11.8 Å². The van der Waals surface area contributed by atoms with Gasteiger partial charge in [-0.25, -0.2) is 0 Å². The molecule has 2 aliphatic rings. The molecular formula is C40H52O. The summed E-state index contributed by atoms with van der Waals surface area (Å²) in [5, 5.41) is 10.1. The van der Waals surface area contributed by atoms with Crippen LogP contribution in [0, 0.1) is 22.7 Å². The lowest BCUT2D eigenvalue weighted by molar-refractivity contribution is 0.116. The number of rotatable bonds is 8. The van der Waals surface area contributed by atoms with E-state index in [4.69, 9.17) is 0 Å². The van der Waals surface area contributed by atoms with E-state index in [9.17, 15) is 5.11 Å². The van der Waals surface area contributed by atoms with E-state index in [1.165, 1.54) is 39.0 Å². The van der Waals surface area contributed by atoms with Crippen LogP contribution in [-0.4, -0.2) is 11.2 Å². The van der Waals surface area contributed by atoms with Gasteiger partial charge >= 0.3 is 0 Å². The molecule has 0 saturated heterocycles. The maximum absolute atomic E-state index is 10.1. The van der Waals surface area contributed by atoms with Crippen molar-refractivity contribution >= 4 is 0 Å². The van der Waals surface area contributed by atoms with Crippen molar-refractivity contribution in [1.29, 1.82) is 0 Å². The molecule has 2 rings (SSSR count). The Balaban J connectivity index is 1.91. The van der Waals surface area contributed by atoms with Gasteiger partial charge in [-0.2, -0.15) is 0 Å². The third-order valence-corrected chi connectivity index (χ3v) is 7.69. The number of aliphatic hydroxyl groups is 1. The molecule has 0 aromatic rings. The van der Waals surface area contributed by atoms with Crippen LogP contribution in [0.4, 0.5) is 0 Å². The second kappa shape index (κ2) is 15.6. The Labute approximate surface area is 251 Å². The largest absolute Gasteiger partial charge is 0.393 e. The molecule has 1 heteroatoms. The molecule has 0 aliphatic heterocycles. The molecule has 1 nitrogen and oxygen atoms in total. The number of allylic oxidation sites excluding steroid dienone is 21. The molecule has 0 amide bonds. The van der Waals surface area contributed by atoms with Gasteiger partial charge in [0, 0.05) is 11.0 Å². The van der Waals surface area contributed by atoms with Crippen molar-refractivity contribution < 1.29 is 5.11 Å². The van der Waals surface area contributed by atoms with E-state index in [0.717, 1.165) is 24.8 Å². The Bertz CT molecular complexity index is 1350. The van der Waals surface area contributed by atoms with Gasteiger partial charge in [0.2, 0.25) is 0 Å². The summed E-state index contributed by atoms with van der Waals surface area (Å²) in [6, 6.07) is 0. The van der Waals surface area contributed by atoms with Crippen LogP contribution < -0.4 is 0 Å². The van der Waals surface area contributed by atoms with E-state index in [1.807, 2.05) is 0 Å². The Morgan fingerprint density at radius 3 is 1.95 bits per heavy atom. The Morgan fingerprint density at radius 1 is 0.805 bits per heavy atom. The first-order valence-electron chi connectivity index (χ1n) is 14.9. The standard InChI is InChI=1S/C40H52O/c1-30(18-13-20-32(3)23-25-37-34(5)22-15-27-39(37,7)8)16-11-12-17-31(2)19-14-21-33(4)24-26-38-35(6)28-36(41)29-40(38,9)10/h11-22,24,26,36,41H,27-29H2,1-10H3. The highest BCUT2D eigenvalue weighted by Gasteiger charge is 2.31. The van der Waals surface area contributed by atoms with Gasteiger partial charge in [-0.3, -0.25) is 0 Å². The molecule has 1 atom stereocenters. The van der Waals surface area contributed by atoms with E-state index in [1.54, 1.807) is 0 Å². The van der Waals surface area contributed by atoms with E-state index in [-0.39, 0.29) is 16.9 Å². The van der Waals surface area contributed by atoms with Crippen molar-refractivity contribution in [3.05, 3.63) is 130 Å². The van der Waals surface area contributed by atoms with Crippen molar-refractivity contribution in [3.63, 3.8) is 0 Å². The predicted octanol–water partition coefficient (Wildman–Crippen LogP) is 10.8. The number of hydrogen-bond donors (Lipinski definition) is 1. The van der Waals surface area contributed by atoms with Gasteiger partial charge in [-0.05, 0) is 82.9 Å². The van der Waals surface area contributed by atoms with E-state index < -0.39 is 0 Å². The lowest BCUT2D eigenvalue weighted by Gasteiger charge is -2.35. The van der Waals surface area contributed by atoms with Crippen molar-refractivity contribution in [2.45, 2.75) is 94.6 Å². The van der Waals surface area contributed by atoms with E-state index in [2.05, 4.69) is 166 Å². The van der Waals surface area contributed by atoms with Crippen LogP contribution in [0.2, 0.25) is 0 Å². The number of aliphatic hydroxyl groups excluding tert-OH is 1. The summed E-state index contributed by atoms with van der Waals surface area (Å²) in [5.41, 5.74) is 9.92. The average molecular weight is 549 g/mol. The highest BCUT2D eigenvalue weighted by molar-refractivity contribution is 5.48. The summed E-state index contributed by atoms with van der Waals surface area (Å²) in [6.07, 6.45) is 32.2. The van der Waals surface area contributed by atoms with Crippen LogP contribution in [0.1, 0.15) is 88.5 Å². The third kappa shape index (κ3) is 11.6. The molecule has 0 bridgehead atoms. The van der Waals surface area contributed by atoms with Crippen molar-refractivity contribution in [2.75, 3.05) is 0 Å². The van der Waals surface area contributed by atoms with Gasteiger partial charge in [0.05, 0.1) is 6.10 Å². The summed E-state index contributed by atoms with van der Waals surface area (Å²) >= 11 is 0. The fourth-order valence-electron chi connectivity index (χ4n) is 5.39. The molecule has 2 aliphatic carbocycles. The minimum atomic E-state index is -0.224. The first-order valence-corrected chi connectivity index (χ1v) is 14.9. The molecular weight excluding hydrogens is 496 g/mol. The van der Waals surface area contributed by atoms with Gasteiger partial charge in [0.25, 0.3) is 0 Å². The molecule has 0 heterocycles. The molecule has 218 valence electrons. The third-order valence-electron chi connectivity index (χ3n) is 7.69. The Hall–Kier alpha value is -3.34.